The van der Waals surface area contributed by atoms with Crippen molar-refractivity contribution < 1.29 is 9.18 Å². The zero-order valence-electron chi connectivity index (χ0n) is 9.70. The molecule has 1 aromatic rings. The van der Waals surface area contributed by atoms with E-state index in [-0.39, 0.29) is 17.1 Å². The van der Waals surface area contributed by atoms with E-state index in [0.29, 0.717) is 12.3 Å². The maximum Gasteiger partial charge on any atom is 0.230 e. The van der Waals surface area contributed by atoms with Gasteiger partial charge in [-0.15, -0.1) is 11.8 Å². The quantitative estimate of drug-likeness (QED) is 0.612. The largest absolute Gasteiger partial charge is 0.351 e. The summed E-state index contributed by atoms with van der Waals surface area (Å²) in [5.41, 5.74) is 9.54. The molecule has 1 aromatic carbocycles. The van der Waals surface area contributed by atoms with E-state index in [1.54, 1.807) is 12.1 Å². The van der Waals surface area contributed by atoms with Crippen molar-refractivity contribution >= 4 is 17.7 Å². The molecular formula is C11H15FN4OS. The van der Waals surface area contributed by atoms with Gasteiger partial charge < -0.3 is 5.32 Å². The molecule has 18 heavy (non-hydrogen) atoms. The molecule has 0 saturated carbocycles. The van der Waals surface area contributed by atoms with Crippen molar-refractivity contribution in [1.29, 1.82) is 0 Å². The van der Waals surface area contributed by atoms with Crippen molar-refractivity contribution in [3.63, 3.8) is 0 Å². The second kappa shape index (κ2) is 6.69. The number of hydrogen-bond donors (Lipinski definition) is 4. The summed E-state index contributed by atoms with van der Waals surface area (Å²) in [6, 6.07) is 6.09. The number of carbonyl (C=O) groups excluding carboxylic acids is 1. The molecule has 1 unspecified atom stereocenters. The molecule has 0 aromatic heterocycles. The molecule has 2 rings (SSSR count). The van der Waals surface area contributed by atoms with Crippen molar-refractivity contribution in [3.8, 4) is 0 Å². The van der Waals surface area contributed by atoms with Crippen LogP contribution in [0.15, 0.2) is 24.3 Å². The fourth-order valence-corrected chi connectivity index (χ4v) is 2.26. The minimum absolute atomic E-state index is 0.0296. The van der Waals surface area contributed by atoms with Crippen LogP contribution < -0.4 is 21.7 Å². The normalized spacial score (nSPS) is 18.8. The van der Waals surface area contributed by atoms with Crippen LogP contribution in [-0.2, 0) is 11.3 Å². The summed E-state index contributed by atoms with van der Waals surface area (Å²) in [5.74, 6) is 0.0911. The van der Waals surface area contributed by atoms with E-state index in [1.807, 2.05) is 0 Å². The van der Waals surface area contributed by atoms with Crippen LogP contribution in [0.2, 0.25) is 0 Å². The fraction of sp³-hybridized carbons (Fsp3) is 0.364. The standard InChI is InChI=1S/C11H15FN4OS/c12-9-3-1-8(2-4-9)5-13-10(17)7-18-11-6-14-16-15-11/h1-4,11,14-16H,5-7H2,(H,13,17). The number of hydrogen-bond acceptors (Lipinski definition) is 5. The second-order valence-electron chi connectivity index (χ2n) is 3.85. The Morgan fingerprint density at radius 1 is 1.44 bits per heavy atom. The molecule has 1 fully saturated rings. The molecule has 4 N–H and O–H groups in total. The highest BCUT2D eigenvalue weighted by atomic mass is 32.2. The summed E-state index contributed by atoms with van der Waals surface area (Å²) in [6.45, 7) is 1.20. The van der Waals surface area contributed by atoms with Crippen molar-refractivity contribution in [3.05, 3.63) is 35.6 Å². The molecule has 1 aliphatic rings. The van der Waals surface area contributed by atoms with E-state index < -0.39 is 0 Å². The molecule has 1 aliphatic heterocycles. The third-order valence-electron chi connectivity index (χ3n) is 2.43. The van der Waals surface area contributed by atoms with Gasteiger partial charge >= 0.3 is 0 Å². The SMILES string of the molecule is O=C(CSC1CNNN1)NCc1ccc(F)cc1. The average Bonchev–Trinajstić information content (AvgIpc) is 2.89. The smallest absolute Gasteiger partial charge is 0.230 e. The molecule has 1 saturated heterocycles. The maximum absolute atomic E-state index is 12.7. The number of amides is 1. The van der Waals surface area contributed by atoms with E-state index in [2.05, 4.69) is 21.7 Å². The van der Waals surface area contributed by atoms with Crippen LogP contribution in [0.3, 0.4) is 0 Å². The Balaban J connectivity index is 1.66. The van der Waals surface area contributed by atoms with Gasteiger partial charge in [-0.05, 0) is 17.7 Å². The molecule has 1 atom stereocenters. The summed E-state index contributed by atoms with van der Waals surface area (Å²) in [6.07, 6.45) is 0. The zero-order valence-corrected chi connectivity index (χ0v) is 10.5. The molecule has 0 bridgehead atoms. The highest BCUT2D eigenvalue weighted by Gasteiger charge is 2.14. The van der Waals surface area contributed by atoms with Crippen molar-refractivity contribution in [2.24, 2.45) is 0 Å². The topological polar surface area (TPSA) is 65.2 Å². The van der Waals surface area contributed by atoms with Gasteiger partial charge in [0, 0.05) is 13.1 Å². The first-order chi connectivity index (χ1) is 8.74. The van der Waals surface area contributed by atoms with E-state index in [9.17, 15) is 9.18 Å². The summed E-state index contributed by atoms with van der Waals surface area (Å²) < 4.78 is 12.7. The molecule has 0 spiro atoms. The molecule has 1 heterocycles. The number of halogens is 1. The first-order valence-electron chi connectivity index (χ1n) is 5.60. The van der Waals surface area contributed by atoms with E-state index in [4.69, 9.17) is 0 Å². The van der Waals surface area contributed by atoms with Crippen LogP contribution >= 0.6 is 11.8 Å². The number of carbonyl (C=O) groups is 1. The lowest BCUT2D eigenvalue weighted by atomic mass is 10.2. The van der Waals surface area contributed by atoms with E-state index in [0.717, 1.165) is 12.1 Å². The monoisotopic (exact) mass is 270 g/mol. The molecule has 0 radical (unpaired) electrons. The van der Waals surface area contributed by atoms with Gasteiger partial charge in [0.05, 0.1) is 11.1 Å². The number of hydrazine groups is 2. The van der Waals surface area contributed by atoms with Crippen LogP contribution in [0.25, 0.3) is 0 Å². The van der Waals surface area contributed by atoms with Gasteiger partial charge in [0.25, 0.3) is 0 Å². The Labute approximate surface area is 109 Å². The van der Waals surface area contributed by atoms with Crippen LogP contribution in [0.1, 0.15) is 5.56 Å². The average molecular weight is 270 g/mol. The molecule has 0 aliphatic carbocycles. The molecule has 98 valence electrons. The first-order valence-corrected chi connectivity index (χ1v) is 6.65. The van der Waals surface area contributed by atoms with Crippen LogP contribution in [0, 0.1) is 5.82 Å². The molecule has 1 amide bonds. The second-order valence-corrected chi connectivity index (χ2v) is 5.04. The number of nitrogens with one attached hydrogen (secondary N) is 4. The lowest BCUT2D eigenvalue weighted by Crippen LogP contribution is -2.33. The summed E-state index contributed by atoms with van der Waals surface area (Å²) >= 11 is 1.52. The van der Waals surface area contributed by atoms with Crippen molar-refractivity contribution in [2.45, 2.75) is 11.9 Å². The van der Waals surface area contributed by atoms with Crippen LogP contribution in [-0.4, -0.2) is 23.6 Å². The van der Waals surface area contributed by atoms with Gasteiger partial charge in [0.1, 0.15) is 5.82 Å². The minimum atomic E-state index is -0.270. The zero-order chi connectivity index (χ0) is 12.8. The van der Waals surface area contributed by atoms with Crippen LogP contribution in [0.5, 0.6) is 0 Å². The number of thioether (sulfide) groups is 1. The van der Waals surface area contributed by atoms with Gasteiger partial charge in [-0.3, -0.25) is 4.79 Å². The molecular weight excluding hydrogens is 255 g/mol. The van der Waals surface area contributed by atoms with Crippen molar-refractivity contribution in [2.75, 3.05) is 12.3 Å². The summed E-state index contributed by atoms with van der Waals surface area (Å²) in [4.78, 5) is 11.6. The van der Waals surface area contributed by atoms with Gasteiger partial charge in [-0.25, -0.2) is 15.2 Å². The van der Waals surface area contributed by atoms with E-state index in [1.165, 1.54) is 23.9 Å². The third kappa shape index (κ3) is 4.26. The molecule has 5 nitrogen and oxygen atoms in total. The Bertz CT molecular complexity index is 395. The van der Waals surface area contributed by atoms with Gasteiger partial charge in [0.2, 0.25) is 5.91 Å². The van der Waals surface area contributed by atoms with Crippen LogP contribution in [0.4, 0.5) is 4.39 Å². The summed E-state index contributed by atoms with van der Waals surface area (Å²) in [5, 5.41) is 2.99. The predicted molar refractivity (Wildman–Crippen MR) is 68.8 cm³/mol. The highest BCUT2D eigenvalue weighted by Crippen LogP contribution is 2.08. The maximum atomic E-state index is 12.7. The third-order valence-corrected chi connectivity index (χ3v) is 3.54. The minimum Gasteiger partial charge on any atom is -0.351 e. The fourth-order valence-electron chi connectivity index (χ4n) is 1.46. The number of benzene rings is 1. The van der Waals surface area contributed by atoms with Gasteiger partial charge in [0.15, 0.2) is 0 Å². The Morgan fingerprint density at radius 3 is 2.89 bits per heavy atom. The lowest BCUT2D eigenvalue weighted by molar-refractivity contribution is -0.118. The van der Waals surface area contributed by atoms with Gasteiger partial charge in [-0.2, -0.15) is 5.53 Å². The van der Waals surface area contributed by atoms with Gasteiger partial charge in [-0.1, -0.05) is 12.1 Å². The molecule has 7 heteroatoms. The lowest BCUT2D eigenvalue weighted by Gasteiger charge is -2.08. The highest BCUT2D eigenvalue weighted by molar-refractivity contribution is 8.00. The number of rotatable bonds is 5. The Hall–Kier alpha value is -1.15. The van der Waals surface area contributed by atoms with E-state index >= 15 is 0 Å². The Morgan fingerprint density at radius 2 is 2.22 bits per heavy atom. The first kappa shape index (κ1) is 13.3. The summed E-state index contributed by atoms with van der Waals surface area (Å²) in [7, 11) is 0. The Kier molecular flexibility index (Phi) is 4.94. The predicted octanol–water partition coefficient (Wildman–Crippen LogP) is 0.114. The van der Waals surface area contributed by atoms with Crippen molar-refractivity contribution in [1.82, 2.24) is 21.7 Å².